The number of benzene rings is 1. The maximum atomic E-state index is 12.2. The second-order valence-corrected chi connectivity index (χ2v) is 7.63. The van der Waals surface area contributed by atoms with Gasteiger partial charge < -0.3 is 5.73 Å². The number of hydrogen-bond donors (Lipinski definition) is 1. The molecule has 0 aliphatic carbocycles. The molecular formula is C12H12BrNOS2. The van der Waals surface area contributed by atoms with Crippen LogP contribution in [-0.2, 0) is 16.6 Å². The Kier molecular flexibility index (Phi) is 4.01. The summed E-state index contributed by atoms with van der Waals surface area (Å²) in [5.74, 6) is 0.542. The molecule has 0 aliphatic rings. The maximum Gasteiger partial charge on any atom is 0.0701 e. The van der Waals surface area contributed by atoms with Crippen molar-refractivity contribution in [2.75, 3.05) is 5.73 Å². The highest BCUT2D eigenvalue weighted by atomic mass is 79.9. The van der Waals surface area contributed by atoms with Crippen molar-refractivity contribution in [3.63, 3.8) is 0 Å². The van der Waals surface area contributed by atoms with Crippen LogP contribution in [0.4, 0.5) is 5.69 Å². The first-order valence-electron chi connectivity index (χ1n) is 5.05. The molecule has 1 aromatic carbocycles. The Morgan fingerprint density at radius 1 is 1.35 bits per heavy atom. The molecule has 17 heavy (non-hydrogen) atoms. The molecule has 2 N–H and O–H groups in total. The predicted molar refractivity (Wildman–Crippen MR) is 77.7 cm³/mol. The van der Waals surface area contributed by atoms with Gasteiger partial charge in [0.2, 0.25) is 0 Å². The van der Waals surface area contributed by atoms with Crippen LogP contribution in [0, 0.1) is 6.92 Å². The van der Waals surface area contributed by atoms with Gasteiger partial charge in [-0.2, -0.15) is 0 Å². The summed E-state index contributed by atoms with van der Waals surface area (Å²) in [6.07, 6.45) is 0. The minimum Gasteiger partial charge on any atom is -0.398 e. The smallest absolute Gasteiger partial charge is 0.0701 e. The van der Waals surface area contributed by atoms with E-state index >= 15 is 0 Å². The van der Waals surface area contributed by atoms with E-state index < -0.39 is 10.8 Å². The summed E-state index contributed by atoms with van der Waals surface area (Å²) in [6, 6.07) is 9.53. The van der Waals surface area contributed by atoms with Crippen LogP contribution in [-0.4, -0.2) is 4.21 Å². The summed E-state index contributed by atoms with van der Waals surface area (Å²) in [7, 11) is -1.03. The second kappa shape index (κ2) is 5.33. The molecule has 1 atom stereocenters. The first-order chi connectivity index (χ1) is 8.08. The number of hydrogen-bond acceptors (Lipinski definition) is 3. The number of anilines is 1. The predicted octanol–water partition coefficient (Wildman–Crippen LogP) is 3.71. The third kappa shape index (κ3) is 2.97. The second-order valence-electron chi connectivity index (χ2n) is 3.67. The van der Waals surface area contributed by atoms with Crippen LogP contribution in [0.5, 0.6) is 0 Å². The van der Waals surface area contributed by atoms with Crippen molar-refractivity contribution in [2.24, 2.45) is 0 Å². The topological polar surface area (TPSA) is 43.1 Å². The molecule has 0 fully saturated rings. The molecule has 5 heteroatoms. The van der Waals surface area contributed by atoms with E-state index in [1.54, 1.807) is 11.3 Å². The summed E-state index contributed by atoms with van der Waals surface area (Å²) >= 11 is 5.02. The van der Waals surface area contributed by atoms with Crippen LogP contribution >= 0.6 is 27.3 Å². The molecule has 0 radical (unpaired) electrons. The van der Waals surface area contributed by atoms with E-state index in [1.165, 1.54) is 0 Å². The molecule has 0 spiro atoms. The molecule has 1 heterocycles. The normalized spacial score (nSPS) is 12.6. The molecule has 0 amide bonds. The minimum absolute atomic E-state index is 0.542. The first-order valence-corrected chi connectivity index (χ1v) is 7.98. The lowest BCUT2D eigenvalue weighted by atomic mass is 10.2. The molecule has 0 saturated carbocycles. The van der Waals surface area contributed by atoms with Crippen molar-refractivity contribution < 1.29 is 4.21 Å². The van der Waals surface area contributed by atoms with E-state index in [4.69, 9.17) is 5.73 Å². The zero-order valence-corrected chi connectivity index (χ0v) is 12.5. The number of thiophene rings is 1. The Bertz CT molecular complexity index is 565. The van der Waals surface area contributed by atoms with Crippen molar-refractivity contribution in [1.29, 1.82) is 0 Å². The van der Waals surface area contributed by atoms with E-state index in [2.05, 4.69) is 15.9 Å². The molecule has 2 rings (SSSR count). The lowest BCUT2D eigenvalue weighted by Crippen LogP contribution is -2.00. The van der Waals surface area contributed by atoms with Gasteiger partial charge in [0.1, 0.15) is 0 Å². The molecule has 0 aliphatic heterocycles. The minimum atomic E-state index is -1.03. The zero-order valence-electron chi connectivity index (χ0n) is 9.27. The largest absolute Gasteiger partial charge is 0.398 e. The van der Waals surface area contributed by atoms with Crippen molar-refractivity contribution in [3.8, 4) is 0 Å². The summed E-state index contributed by atoms with van der Waals surface area (Å²) in [5.41, 5.74) is 7.43. The Labute approximate surface area is 115 Å². The van der Waals surface area contributed by atoms with Gasteiger partial charge in [-0.25, -0.2) is 0 Å². The van der Waals surface area contributed by atoms with Gasteiger partial charge in [-0.05, 0) is 52.7 Å². The van der Waals surface area contributed by atoms with Crippen LogP contribution in [0.1, 0.15) is 10.4 Å². The van der Waals surface area contributed by atoms with Crippen LogP contribution in [0.25, 0.3) is 0 Å². The molecule has 90 valence electrons. The molecule has 2 nitrogen and oxygen atoms in total. The summed E-state index contributed by atoms with van der Waals surface area (Å²) in [5, 5.41) is 0. The van der Waals surface area contributed by atoms with Crippen molar-refractivity contribution in [3.05, 3.63) is 44.6 Å². The van der Waals surface area contributed by atoms with Gasteiger partial charge in [-0.1, -0.05) is 6.07 Å². The lowest BCUT2D eigenvalue weighted by molar-refractivity contribution is 0.682. The van der Waals surface area contributed by atoms with Crippen molar-refractivity contribution >= 4 is 43.8 Å². The zero-order chi connectivity index (χ0) is 12.4. The van der Waals surface area contributed by atoms with Gasteiger partial charge in [0, 0.05) is 15.5 Å². The number of nitrogen functional groups attached to an aromatic ring is 1. The summed E-state index contributed by atoms with van der Waals surface area (Å²) < 4.78 is 13.3. The fourth-order valence-corrected chi connectivity index (χ4v) is 4.55. The molecule has 1 unspecified atom stereocenters. The highest BCUT2D eigenvalue weighted by Crippen LogP contribution is 2.26. The standard InChI is InChI=1S/C12H12BrNOS2/c1-8-10(14)3-2-4-11(8)17(15)7-9-5-6-12(13)16-9/h2-6H,7,14H2,1H3. The van der Waals surface area contributed by atoms with E-state index in [-0.39, 0.29) is 0 Å². The van der Waals surface area contributed by atoms with Gasteiger partial charge in [0.05, 0.1) is 20.3 Å². The highest BCUT2D eigenvalue weighted by Gasteiger charge is 2.10. The third-order valence-corrected chi connectivity index (χ3v) is 5.79. The monoisotopic (exact) mass is 329 g/mol. The Hall–Kier alpha value is -0.650. The summed E-state index contributed by atoms with van der Waals surface area (Å²) in [4.78, 5) is 1.94. The van der Waals surface area contributed by atoms with Crippen molar-refractivity contribution in [2.45, 2.75) is 17.6 Å². The van der Waals surface area contributed by atoms with Crippen LogP contribution in [0.3, 0.4) is 0 Å². The van der Waals surface area contributed by atoms with Crippen molar-refractivity contribution in [1.82, 2.24) is 0 Å². The van der Waals surface area contributed by atoms with E-state index in [9.17, 15) is 4.21 Å². The van der Waals surface area contributed by atoms with E-state index in [0.717, 1.165) is 19.1 Å². The van der Waals surface area contributed by atoms with Gasteiger partial charge in [0.15, 0.2) is 0 Å². The van der Waals surface area contributed by atoms with Gasteiger partial charge in [-0.3, -0.25) is 4.21 Å². The van der Waals surface area contributed by atoms with Gasteiger partial charge >= 0.3 is 0 Å². The van der Waals surface area contributed by atoms with Gasteiger partial charge in [0.25, 0.3) is 0 Å². The first kappa shape index (κ1) is 12.8. The number of halogens is 1. The molecule has 0 saturated heterocycles. The maximum absolute atomic E-state index is 12.2. The number of rotatable bonds is 3. The highest BCUT2D eigenvalue weighted by molar-refractivity contribution is 9.11. The molecule has 0 bridgehead atoms. The SMILES string of the molecule is Cc1c(N)cccc1S(=O)Cc1ccc(Br)s1. The third-order valence-electron chi connectivity index (χ3n) is 2.47. The summed E-state index contributed by atoms with van der Waals surface area (Å²) in [6.45, 7) is 1.91. The van der Waals surface area contributed by atoms with Crippen LogP contribution in [0.15, 0.2) is 39.0 Å². The molecular weight excluding hydrogens is 318 g/mol. The Morgan fingerprint density at radius 3 is 2.76 bits per heavy atom. The average molecular weight is 330 g/mol. The Balaban J connectivity index is 2.23. The van der Waals surface area contributed by atoms with Crippen LogP contribution < -0.4 is 5.73 Å². The fraction of sp³-hybridized carbons (Fsp3) is 0.167. The lowest BCUT2D eigenvalue weighted by Gasteiger charge is -2.07. The van der Waals surface area contributed by atoms with Gasteiger partial charge in [-0.15, -0.1) is 11.3 Å². The average Bonchev–Trinajstić information content (AvgIpc) is 2.68. The van der Waals surface area contributed by atoms with Crippen LogP contribution in [0.2, 0.25) is 0 Å². The Morgan fingerprint density at radius 2 is 2.12 bits per heavy atom. The van der Waals surface area contributed by atoms with E-state index in [0.29, 0.717) is 11.4 Å². The fourth-order valence-electron chi connectivity index (χ4n) is 1.51. The quantitative estimate of drug-likeness (QED) is 0.872. The molecule has 2 aromatic rings. The number of nitrogens with two attached hydrogens (primary N) is 1. The molecule has 1 aromatic heterocycles. The van der Waals surface area contributed by atoms with E-state index in [1.807, 2.05) is 37.3 Å².